The maximum absolute atomic E-state index is 13.3. The van der Waals surface area contributed by atoms with E-state index in [0.717, 1.165) is 0 Å². The molecule has 0 aromatic heterocycles. The number of hydrogen-bond donors (Lipinski definition) is 2. The number of halogens is 2. The minimum absolute atomic E-state index is 0.0290. The Balaban J connectivity index is 3.01. The summed E-state index contributed by atoms with van der Waals surface area (Å²) in [7, 11) is 1.45. The van der Waals surface area contributed by atoms with Crippen LogP contribution < -0.4 is 4.74 Å². The van der Waals surface area contributed by atoms with E-state index in [4.69, 9.17) is 4.74 Å². The van der Waals surface area contributed by atoms with Gasteiger partial charge >= 0.3 is 0 Å². The Morgan fingerprint density at radius 2 is 2.13 bits per heavy atom. The number of alkyl halides is 1. The van der Waals surface area contributed by atoms with Gasteiger partial charge < -0.3 is 14.9 Å². The second kappa shape index (κ2) is 5.44. The molecule has 1 aromatic rings. The lowest BCUT2D eigenvalue weighted by Crippen LogP contribution is -2.20. The number of benzene rings is 1. The quantitative estimate of drug-likeness (QED) is 0.823. The maximum atomic E-state index is 13.3. The van der Waals surface area contributed by atoms with Crippen LogP contribution in [0, 0.1) is 5.82 Å². The van der Waals surface area contributed by atoms with Gasteiger partial charge in [-0.25, -0.2) is 4.39 Å². The van der Waals surface area contributed by atoms with Crippen LogP contribution in [0.3, 0.4) is 0 Å². The summed E-state index contributed by atoms with van der Waals surface area (Å²) in [6.07, 6.45) is -2.31. The fraction of sp³-hybridized carbons (Fsp3) is 0.400. The van der Waals surface area contributed by atoms with Crippen LogP contribution in [0.5, 0.6) is 5.75 Å². The molecule has 1 aromatic carbocycles. The summed E-state index contributed by atoms with van der Waals surface area (Å²) in [5, 5.41) is 19.1. The Morgan fingerprint density at radius 1 is 1.47 bits per heavy atom. The maximum Gasteiger partial charge on any atom is 0.129 e. The largest absolute Gasteiger partial charge is 0.497 e. The smallest absolute Gasteiger partial charge is 0.129 e. The summed E-state index contributed by atoms with van der Waals surface area (Å²) in [5.74, 6) is -0.129. The van der Waals surface area contributed by atoms with Crippen molar-refractivity contribution in [3.05, 3.63) is 29.6 Å². The van der Waals surface area contributed by atoms with Crippen LogP contribution in [0.1, 0.15) is 11.7 Å². The van der Waals surface area contributed by atoms with Crippen LogP contribution in [0.2, 0.25) is 0 Å². The molecule has 0 radical (unpaired) electrons. The van der Waals surface area contributed by atoms with E-state index in [-0.39, 0.29) is 10.9 Å². The van der Waals surface area contributed by atoms with Crippen molar-refractivity contribution < 1.29 is 19.3 Å². The lowest BCUT2D eigenvalue weighted by atomic mass is 10.0. The molecule has 84 valence electrons. The molecule has 2 unspecified atom stereocenters. The highest BCUT2D eigenvalue weighted by atomic mass is 79.9. The van der Waals surface area contributed by atoms with Gasteiger partial charge in [0.1, 0.15) is 17.7 Å². The predicted octanol–water partition coefficient (Wildman–Crippen LogP) is 1.62. The summed E-state index contributed by atoms with van der Waals surface area (Å²) in [4.78, 5) is 0. The van der Waals surface area contributed by atoms with Crippen molar-refractivity contribution in [2.24, 2.45) is 0 Å². The summed E-state index contributed by atoms with van der Waals surface area (Å²) in [6, 6.07) is 4.01. The molecular formula is C10H12BrFO3. The molecule has 0 saturated heterocycles. The molecule has 2 atom stereocenters. The molecule has 3 nitrogen and oxygen atoms in total. The molecule has 0 heterocycles. The van der Waals surface area contributed by atoms with Crippen LogP contribution in [0.4, 0.5) is 4.39 Å². The van der Waals surface area contributed by atoms with E-state index < -0.39 is 18.0 Å². The number of ether oxygens (including phenoxy) is 1. The van der Waals surface area contributed by atoms with Crippen molar-refractivity contribution in [1.82, 2.24) is 0 Å². The molecule has 15 heavy (non-hydrogen) atoms. The van der Waals surface area contributed by atoms with E-state index in [0.29, 0.717) is 5.75 Å². The number of rotatable bonds is 4. The summed E-state index contributed by atoms with van der Waals surface area (Å²) < 4.78 is 18.2. The first-order valence-electron chi connectivity index (χ1n) is 4.35. The van der Waals surface area contributed by atoms with Crippen molar-refractivity contribution in [2.45, 2.75) is 12.2 Å². The summed E-state index contributed by atoms with van der Waals surface area (Å²) in [6.45, 7) is 0. The minimum atomic E-state index is -1.26. The Morgan fingerprint density at radius 3 is 2.67 bits per heavy atom. The molecule has 5 heteroatoms. The highest BCUT2D eigenvalue weighted by Crippen LogP contribution is 2.25. The van der Waals surface area contributed by atoms with Gasteiger partial charge in [-0.2, -0.15) is 0 Å². The molecule has 0 aliphatic carbocycles. The zero-order chi connectivity index (χ0) is 11.4. The molecule has 0 aliphatic heterocycles. The van der Waals surface area contributed by atoms with E-state index >= 15 is 0 Å². The van der Waals surface area contributed by atoms with Crippen molar-refractivity contribution in [3.8, 4) is 5.75 Å². The van der Waals surface area contributed by atoms with Crippen molar-refractivity contribution >= 4 is 15.9 Å². The van der Waals surface area contributed by atoms with Crippen LogP contribution in [-0.2, 0) is 0 Å². The molecule has 2 N–H and O–H groups in total. The van der Waals surface area contributed by atoms with E-state index in [1.54, 1.807) is 0 Å². The van der Waals surface area contributed by atoms with Crippen LogP contribution in [-0.4, -0.2) is 28.8 Å². The molecule has 0 aliphatic rings. The Labute approximate surface area is 95.6 Å². The molecule has 0 bridgehead atoms. The summed E-state index contributed by atoms with van der Waals surface area (Å²) in [5.41, 5.74) is 0.0290. The number of aliphatic hydroxyl groups is 2. The number of methoxy groups -OCH3 is 1. The predicted molar refractivity (Wildman–Crippen MR) is 57.7 cm³/mol. The van der Waals surface area contributed by atoms with Gasteiger partial charge in [0.2, 0.25) is 0 Å². The van der Waals surface area contributed by atoms with E-state index in [9.17, 15) is 14.6 Å². The van der Waals surface area contributed by atoms with E-state index in [1.165, 1.54) is 25.3 Å². The Hall–Kier alpha value is -0.650. The number of hydrogen-bond acceptors (Lipinski definition) is 3. The third-order valence-electron chi connectivity index (χ3n) is 2.04. The third-order valence-corrected chi connectivity index (χ3v) is 2.71. The molecule has 0 fully saturated rings. The van der Waals surface area contributed by atoms with Crippen LogP contribution in [0.25, 0.3) is 0 Å². The standard InChI is InChI=1S/C10H12BrFO3/c1-15-6-2-3-8(12)7(4-6)10(14)9(13)5-11/h2-4,9-10,13-14H,5H2,1H3. The highest BCUT2D eigenvalue weighted by molar-refractivity contribution is 9.09. The Bertz CT molecular complexity index is 332. The van der Waals surface area contributed by atoms with Gasteiger partial charge in [-0.05, 0) is 18.2 Å². The molecular weight excluding hydrogens is 267 g/mol. The SMILES string of the molecule is COc1ccc(F)c(C(O)C(O)CBr)c1. The van der Waals surface area contributed by atoms with Gasteiger partial charge in [0.25, 0.3) is 0 Å². The lowest BCUT2D eigenvalue weighted by Gasteiger charge is -2.17. The fourth-order valence-corrected chi connectivity index (χ4v) is 1.52. The zero-order valence-corrected chi connectivity index (χ0v) is 9.74. The first-order valence-corrected chi connectivity index (χ1v) is 5.47. The zero-order valence-electron chi connectivity index (χ0n) is 8.15. The van der Waals surface area contributed by atoms with Crippen LogP contribution in [0.15, 0.2) is 18.2 Å². The molecule has 1 rings (SSSR count). The van der Waals surface area contributed by atoms with Crippen molar-refractivity contribution in [3.63, 3.8) is 0 Å². The fourth-order valence-electron chi connectivity index (χ4n) is 1.17. The van der Waals surface area contributed by atoms with Gasteiger partial charge in [0.15, 0.2) is 0 Å². The van der Waals surface area contributed by atoms with Gasteiger partial charge in [0, 0.05) is 10.9 Å². The average Bonchev–Trinajstić information content (AvgIpc) is 2.27. The van der Waals surface area contributed by atoms with Gasteiger partial charge in [-0.1, -0.05) is 15.9 Å². The van der Waals surface area contributed by atoms with E-state index in [2.05, 4.69) is 15.9 Å². The van der Waals surface area contributed by atoms with Gasteiger partial charge in [-0.15, -0.1) is 0 Å². The normalized spacial score (nSPS) is 14.7. The molecule has 0 spiro atoms. The van der Waals surface area contributed by atoms with Crippen molar-refractivity contribution in [2.75, 3.05) is 12.4 Å². The molecule has 0 saturated carbocycles. The topological polar surface area (TPSA) is 49.7 Å². The molecule has 0 amide bonds. The monoisotopic (exact) mass is 278 g/mol. The van der Waals surface area contributed by atoms with E-state index in [1.807, 2.05) is 0 Å². The summed E-state index contributed by atoms with van der Waals surface area (Å²) >= 11 is 3.01. The van der Waals surface area contributed by atoms with Crippen molar-refractivity contribution in [1.29, 1.82) is 0 Å². The minimum Gasteiger partial charge on any atom is -0.497 e. The first-order chi connectivity index (χ1) is 7.10. The average molecular weight is 279 g/mol. The Kier molecular flexibility index (Phi) is 4.50. The van der Waals surface area contributed by atoms with Gasteiger partial charge in [-0.3, -0.25) is 0 Å². The highest BCUT2D eigenvalue weighted by Gasteiger charge is 2.21. The van der Waals surface area contributed by atoms with Crippen LogP contribution >= 0.6 is 15.9 Å². The third kappa shape index (κ3) is 2.90. The lowest BCUT2D eigenvalue weighted by molar-refractivity contribution is 0.0319. The first kappa shape index (κ1) is 12.4. The van der Waals surface area contributed by atoms with Gasteiger partial charge in [0.05, 0.1) is 13.2 Å². The second-order valence-corrected chi connectivity index (χ2v) is 3.70. The number of aliphatic hydroxyl groups excluding tert-OH is 2. The second-order valence-electron chi connectivity index (χ2n) is 3.05.